The number of nitro groups is 1. The average molecular weight is 517 g/mol. The zero-order valence-corrected chi connectivity index (χ0v) is 19.6. The Morgan fingerprint density at radius 1 is 1.31 bits per heavy atom. The molecule has 188 valence electrons. The van der Waals surface area contributed by atoms with Crippen molar-refractivity contribution in [3.8, 4) is 12.3 Å². The van der Waals surface area contributed by atoms with Crippen molar-refractivity contribution in [2.24, 2.45) is 0 Å². The zero-order valence-electron chi connectivity index (χ0n) is 18.8. The van der Waals surface area contributed by atoms with E-state index in [1.54, 1.807) is 0 Å². The lowest BCUT2D eigenvalue weighted by Gasteiger charge is -2.36. The minimum absolute atomic E-state index is 0.155. The Balaban J connectivity index is 1.61. The van der Waals surface area contributed by atoms with Crippen LogP contribution in [0.2, 0.25) is 0 Å². The van der Waals surface area contributed by atoms with Gasteiger partial charge in [0, 0.05) is 12.1 Å². The summed E-state index contributed by atoms with van der Waals surface area (Å²) in [5.41, 5.74) is 0.0658. The van der Waals surface area contributed by atoms with E-state index in [-0.39, 0.29) is 31.0 Å². The van der Waals surface area contributed by atoms with Gasteiger partial charge in [0.25, 0.3) is 5.69 Å². The van der Waals surface area contributed by atoms with Crippen molar-refractivity contribution in [3.05, 3.63) is 51.8 Å². The number of carbonyl (C=O) groups is 3. The molecule has 2 aliphatic rings. The number of hydrogen-bond donors (Lipinski definition) is 0. The predicted molar refractivity (Wildman–Crippen MR) is 118 cm³/mol. The number of amides is 1. The Kier molecular flexibility index (Phi) is 6.23. The van der Waals surface area contributed by atoms with Crippen LogP contribution in [-0.4, -0.2) is 73.9 Å². The summed E-state index contributed by atoms with van der Waals surface area (Å²) in [5.74, 6) is -0.305. The Morgan fingerprint density at radius 3 is 2.61 bits per heavy atom. The first-order chi connectivity index (χ1) is 17.0. The SMILES string of the molecule is C#CCOC(=O)c1cnnn1C[C@@]1(C)[C@H](C(=O)OCc2ccc([N+](=O)[O-])cc2)N2C(=O)C[C@@H]2S1(=O)=O. The van der Waals surface area contributed by atoms with Crippen LogP contribution in [0.15, 0.2) is 30.5 Å². The number of fused-ring (bicyclic) bond motifs is 1. The number of rotatable bonds is 8. The largest absolute Gasteiger partial charge is 0.459 e. The third-order valence-electron chi connectivity index (χ3n) is 6.14. The number of β-lactam (4-membered cyclic amide) rings is 1. The van der Waals surface area contributed by atoms with E-state index in [0.717, 1.165) is 15.8 Å². The summed E-state index contributed by atoms with van der Waals surface area (Å²) in [6.45, 7) is 0.113. The summed E-state index contributed by atoms with van der Waals surface area (Å²) < 4.78 is 36.1. The molecule has 2 fully saturated rings. The van der Waals surface area contributed by atoms with Gasteiger partial charge in [0.2, 0.25) is 5.91 Å². The number of non-ortho nitro benzene ring substituents is 1. The standard InChI is InChI=1S/C21H19N5O9S/c1-3-8-34-19(28)15-10-22-23-24(15)12-21(2)18(25-16(27)9-17(25)36(21,32)33)20(29)35-11-13-4-6-14(7-5-13)26(30)31/h1,4-7,10,17-18H,8-9,11-12H2,2H3/t17-,18-,21-/m0/s1. The Morgan fingerprint density at radius 2 is 2.00 bits per heavy atom. The van der Waals surface area contributed by atoms with Crippen molar-refractivity contribution >= 4 is 33.4 Å². The fraction of sp³-hybridized carbons (Fsp3) is 0.381. The van der Waals surface area contributed by atoms with Crippen LogP contribution < -0.4 is 0 Å². The molecule has 3 atom stereocenters. The Bertz CT molecular complexity index is 1400. The zero-order chi connectivity index (χ0) is 26.3. The van der Waals surface area contributed by atoms with Gasteiger partial charge < -0.3 is 14.4 Å². The smallest absolute Gasteiger partial charge is 0.359 e. The highest BCUT2D eigenvalue weighted by molar-refractivity contribution is 7.93. The van der Waals surface area contributed by atoms with Crippen molar-refractivity contribution in [3.63, 3.8) is 0 Å². The van der Waals surface area contributed by atoms with Gasteiger partial charge in [0.1, 0.15) is 16.7 Å². The third-order valence-corrected chi connectivity index (χ3v) is 8.90. The topological polar surface area (TPSA) is 181 Å². The van der Waals surface area contributed by atoms with Crippen LogP contribution in [0.25, 0.3) is 0 Å². The van der Waals surface area contributed by atoms with Gasteiger partial charge in [0.15, 0.2) is 28.2 Å². The van der Waals surface area contributed by atoms with Crippen molar-refractivity contribution < 1.29 is 37.2 Å². The fourth-order valence-electron chi connectivity index (χ4n) is 4.23. The number of benzene rings is 1. The van der Waals surface area contributed by atoms with Gasteiger partial charge in [0.05, 0.1) is 24.1 Å². The number of esters is 2. The second kappa shape index (κ2) is 9.04. The average Bonchev–Trinajstić information content (AvgIpc) is 3.34. The molecule has 0 unspecified atom stereocenters. The third kappa shape index (κ3) is 3.94. The van der Waals surface area contributed by atoms with Crippen molar-refractivity contribution in [2.45, 2.75) is 42.7 Å². The van der Waals surface area contributed by atoms with Gasteiger partial charge in [-0.05, 0) is 24.6 Å². The van der Waals surface area contributed by atoms with Crippen LogP contribution >= 0.6 is 0 Å². The van der Waals surface area contributed by atoms with Crippen molar-refractivity contribution in [2.75, 3.05) is 6.61 Å². The van der Waals surface area contributed by atoms with Gasteiger partial charge in [-0.3, -0.25) is 14.9 Å². The first-order valence-corrected chi connectivity index (χ1v) is 12.0. The molecule has 1 amide bonds. The Labute approximate surface area is 204 Å². The molecule has 2 saturated heterocycles. The molecule has 2 aromatic rings. The molecule has 14 nitrogen and oxygen atoms in total. The summed E-state index contributed by atoms with van der Waals surface area (Å²) in [4.78, 5) is 49.0. The molecule has 1 aromatic heterocycles. The first kappa shape index (κ1) is 24.8. The molecular formula is C21H19N5O9S. The number of ether oxygens (including phenoxy) is 2. The van der Waals surface area contributed by atoms with E-state index in [1.807, 2.05) is 0 Å². The lowest BCUT2D eigenvalue weighted by Crippen LogP contribution is -2.58. The molecule has 0 saturated carbocycles. The lowest BCUT2D eigenvalue weighted by atomic mass is 9.96. The van der Waals surface area contributed by atoms with Gasteiger partial charge in [-0.25, -0.2) is 22.7 Å². The number of carbonyl (C=O) groups excluding carboxylic acids is 3. The minimum atomic E-state index is -4.13. The highest BCUT2D eigenvalue weighted by atomic mass is 32.2. The van der Waals surface area contributed by atoms with E-state index in [2.05, 4.69) is 16.2 Å². The molecule has 4 rings (SSSR count). The van der Waals surface area contributed by atoms with E-state index in [0.29, 0.717) is 5.56 Å². The van der Waals surface area contributed by atoms with Crippen molar-refractivity contribution in [1.29, 1.82) is 0 Å². The number of sulfone groups is 1. The summed E-state index contributed by atoms with van der Waals surface area (Å²) in [5, 5.41) is 17.0. The number of nitrogens with zero attached hydrogens (tertiary/aromatic N) is 5. The van der Waals surface area contributed by atoms with Crippen LogP contribution in [0.4, 0.5) is 5.69 Å². The second-order valence-corrected chi connectivity index (χ2v) is 10.9. The molecule has 3 heterocycles. The summed E-state index contributed by atoms with van der Waals surface area (Å²) in [6.07, 6.45) is 5.85. The number of nitro benzene ring substituents is 1. The molecule has 0 bridgehead atoms. The summed E-state index contributed by atoms with van der Waals surface area (Å²) >= 11 is 0. The molecule has 0 spiro atoms. The first-order valence-electron chi connectivity index (χ1n) is 10.4. The normalized spacial score (nSPS) is 23.8. The summed E-state index contributed by atoms with van der Waals surface area (Å²) in [7, 11) is -4.13. The molecule has 15 heteroatoms. The van der Waals surface area contributed by atoms with Crippen LogP contribution in [0.5, 0.6) is 0 Å². The van der Waals surface area contributed by atoms with E-state index in [4.69, 9.17) is 15.9 Å². The highest BCUT2D eigenvalue weighted by Gasteiger charge is 2.70. The molecular weight excluding hydrogens is 498 g/mol. The van der Waals surface area contributed by atoms with E-state index < -0.39 is 55.3 Å². The van der Waals surface area contributed by atoms with Gasteiger partial charge in [-0.15, -0.1) is 11.5 Å². The predicted octanol–water partition coefficient (Wildman–Crippen LogP) is -0.166. The van der Waals surface area contributed by atoms with E-state index in [1.165, 1.54) is 31.2 Å². The summed E-state index contributed by atoms with van der Waals surface area (Å²) in [6, 6.07) is 3.70. The maximum atomic E-state index is 13.4. The molecule has 0 aliphatic carbocycles. The van der Waals surface area contributed by atoms with Crippen LogP contribution in [0.3, 0.4) is 0 Å². The van der Waals surface area contributed by atoms with Gasteiger partial charge in [-0.2, -0.15) is 0 Å². The van der Waals surface area contributed by atoms with E-state index >= 15 is 0 Å². The van der Waals surface area contributed by atoms with E-state index in [9.17, 15) is 32.9 Å². The quantitative estimate of drug-likeness (QED) is 0.149. The van der Waals surface area contributed by atoms with Crippen LogP contribution in [0, 0.1) is 22.5 Å². The van der Waals surface area contributed by atoms with Gasteiger partial charge >= 0.3 is 11.9 Å². The maximum Gasteiger partial charge on any atom is 0.359 e. The maximum absolute atomic E-state index is 13.4. The van der Waals surface area contributed by atoms with Crippen molar-refractivity contribution in [1.82, 2.24) is 19.9 Å². The van der Waals surface area contributed by atoms with Gasteiger partial charge in [-0.1, -0.05) is 11.1 Å². The second-order valence-electron chi connectivity index (χ2n) is 8.31. The number of terminal acetylenes is 1. The molecule has 0 radical (unpaired) electrons. The van der Waals surface area contributed by atoms with Crippen LogP contribution in [-0.2, 0) is 42.1 Å². The number of hydrogen-bond acceptors (Lipinski definition) is 11. The Hall–Kier alpha value is -4.32. The highest BCUT2D eigenvalue weighted by Crippen LogP contribution is 2.47. The molecule has 36 heavy (non-hydrogen) atoms. The monoisotopic (exact) mass is 517 g/mol. The lowest BCUT2D eigenvalue weighted by molar-refractivity contribution is -0.384. The molecule has 1 aromatic carbocycles. The minimum Gasteiger partial charge on any atom is -0.459 e. The van der Waals surface area contributed by atoms with Crippen LogP contribution in [0.1, 0.15) is 29.4 Å². The molecule has 2 aliphatic heterocycles. The number of aromatic nitrogens is 3. The molecule has 0 N–H and O–H groups in total. The fourth-order valence-corrected chi connectivity index (χ4v) is 6.57.